The van der Waals surface area contributed by atoms with E-state index in [-0.39, 0.29) is 0 Å². The maximum absolute atomic E-state index is 11.6. The van der Waals surface area contributed by atoms with E-state index in [2.05, 4.69) is 11.5 Å². The van der Waals surface area contributed by atoms with Crippen LogP contribution in [-0.4, -0.2) is 48.5 Å². The molecular formula is C14H17NO5. The zero-order valence-corrected chi connectivity index (χ0v) is 11.4. The fourth-order valence-electron chi connectivity index (χ4n) is 2.87. The maximum Gasteiger partial charge on any atom is 0.402 e. The first kappa shape index (κ1) is 13.3. The summed E-state index contributed by atoms with van der Waals surface area (Å²) in [6.45, 7) is 5.65. The molecule has 0 aromatic heterocycles. The zero-order chi connectivity index (χ0) is 14.4. The first-order chi connectivity index (χ1) is 9.43. The second-order valence-corrected chi connectivity index (χ2v) is 5.60. The minimum absolute atomic E-state index is 0.464. The monoisotopic (exact) mass is 279 g/mol. The summed E-state index contributed by atoms with van der Waals surface area (Å²) in [4.78, 5) is 25.4. The molecule has 0 unspecified atom stereocenters. The summed E-state index contributed by atoms with van der Waals surface area (Å²) in [5.41, 5.74) is 0.0153. The van der Waals surface area contributed by atoms with Gasteiger partial charge in [0.2, 0.25) is 0 Å². The van der Waals surface area contributed by atoms with Gasteiger partial charge in [0.25, 0.3) is 0 Å². The van der Waals surface area contributed by atoms with Gasteiger partial charge in [0, 0.05) is 37.2 Å². The zero-order valence-electron chi connectivity index (χ0n) is 11.4. The Morgan fingerprint density at radius 3 is 2.25 bits per heavy atom. The number of hydrogen-bond donors (Lipinski definition) is 0. The molecule has 0 radical (unpaired) electrons. The topological polar surface area (TPSA) is 65.1 Å². The number of likely N-dealkylation sites (tertiary alicyclic amines) is 1. The Hall–Kier alpha value is -1.66. The molecule has 2 spiro atoms. The van der Waals surface area contributed by atoms with Crippen molar-refractivity contribution in [2.24, 2.45) is 0 Å². The molecule has 0 N–H and O–H groups in total. The normalized spacial score (nSPS) is 28.6. The van der Waals surface area contributed by atoms with Crippen LogP contribution in [0.15, 0.2) is 24.3 Å². The van der Waals surface area contributed by atoms with Gasteiger partial charge in [0.05, 0.1) is 5.60 Å². The first-order valence-corrected chi connectivity index (χ1v) is 6.64. The van der Waals surface area contributed by atoms with Gasteiger partial charge in [-0.2, -0.15) is 0 Å². The fraction of sp³-hybridized carbons (Fsp3) is 0.571. The lowest BCUT2D eigenvalue weighted by atomic mass is 9.87. The second kappa shape index (κ2) is 4.43. The highest BCUT2D eigenvalue weighted by atomic mass is 16.9. The van der Waals surface area contributed by atoms with E-state index < -0.39 is 23.5 Å². The van der Waals surface area contributed by atoms with Crippen molar-refractivity contribution < 1.29 is 23.8 Å². The van der Waals surface area contributed by atoms with Crippen LogP contribution in [0.2, 0.25) is 0 Å². The number of carbonyl (C=O) groups excluding carboxylic acids is 2. The highest BCUT2D eigenvalue weighted by Crippen LogP contribution is 2.48. The van der Waals surface area contributed by atoms with Crippen molar-refractivity contribution in [1.29, 1.82) is 0 Å². The Balaban J connectivity index is 1.86. The van der Waals surface area contributed by atoms with Crippen molar-refractivity contribution in [3.63, 3.8) is 0 Å². The summed E-state index contributed by atoms with van der Waals surface area (Å²) in [7, 11) is 2.04. The Kier molecular flexibility index (Phi) is 2.95. The Labute approximate surface area is 117 Å². The van der Waals surface area contributed by atoms with Crippen molar-refractivity contribution in [3.8, 4) is 0 Å². The summed E-state index contributed by atoms with van der Waals surface area (Å²) < 4.78 is 16.3. The van der Waals surface area contributed by atoms with E-state index in [9.17, 15) is 9.59 Å². The van der Waals surface area contributed by atoms with Crippen molar-refractivity contribution in [3.05, 3.63) is 24.3 Å². The van der Waals surface area contributed by atoms with Crippen molar-refractivity contribution >= 4 is 11.9 Å². The molecule has 108 valence electrons. The smallest absolute Gasteiger partial charge is 0.391 e. The summed E-state index contributed by atoms with van der Waals surface area (Å²) in [5, 5.41) is 0. The molecular weight excluding hydrogens is 262 g/mol. The van der Waals surface area contributed by atoms with Crippen molar-refractivity contribution in [2.75, 3.05) is 20.1 Å². The van der Waals surface area contributed by atoms with Crippen LogP contribution >= 0.6 is 0 Å². The van der Waals surface area contributed by atoms with Crippen molar-refractivity contribution in [1.82, 2.24) is 4.90 Å². The number of piperidine rings is 1. The van der Waals surface area contributed by atoms with Gasteiger partial charge in [-0.25, -0.2) is 9.59 Å². The molecule has 0 aromatic carbocycles. The van der Waals surface area contributed by atoms with Gasteiger partial charge in [-0.05, 0) is 19.9 Å². The van der Waals surface area contributed by atoms with E-state index in [0.717, 1.165) is 38.1 Å². The predicted molar refractivity (Wildman–Crippen MR) is 68.4 cm³/mol. The lowest BCUT2D eigenvalue weighted by molar-refractivity contribution is -0.334. The van der Waals surface area contributed by atoms with Gasteiger partial charge in [-0.1, -0.05) is 6.58 Å². The van der Waals surface area contributed by atoms with Crippen LogP contribution < -0.4 is 0 Å². The highest BCUT2D eigenvalue weighted by molar-refractivity contribution is 5.93. The molecule has 0 bridgehead atoms. The number of esters is 2. The molecule has 0 atom stereocenters. The third kappa shape index (κ3) is 2.14. The van der Waals surface area contributed by atoms with Gasteiger partial charge in [-0.15, -0.1) is 0 Å². The SMILES string of the molecule is C=C1CC2(CCN(C)CC2)OC12OC(=O)C=CC(=O)O2. The Morgan fingerprint density at radius 2 is 1.70 bits per heavy atom. The summed E-state index contributed by atoms with van der Waals surface area (Å²) in [6.07, 6.45) is 4.17. The lowest BCUT2D eigenvalue weighted by Crippen LogP contribution is -2.47. The van der Waals surface area contributed by atoms with Gasteiger partial charge in [0.1, 0.15) is 0 Å². The van der Waals surface area contributed by atoms with Gasteiger partial charge >= 0.3 is 17.9 Å². The van der Waals surface area contributed by atoms with Gasteiger partial charge < -0.3 is 14.4 Å². The molecule has 2 fully saturated rings. The number of nitrogens with zero attached hydrogens (tertiary/aromatic N) is 1. The highest BCUT2D eigenvalue weighted by Gasteiger charge is 2.58. The average molecular weight is 279 g/mol. The summed E-state index contributed by atoms with van der Waals surface area (Å²) in [6, 6.07) is 0. The van der Waals surface area contributed by atoms with E-state index in [1.807, 2.05) is 7.05 Å². The minimum Gasteiger partial charge on any atom is -0.391 e. The average Bonchev–Trinajstić information content (AvgIpc) is 2.53. The van der Waals surface area contributed by atoms with Crippen LogP contribution in [0.25, 0.3) is 0 Å². The van der Waals surface area contributed by atoms with Gasteiger partial charge in [-0.3, -0.25) is 4.74 Å². The summed E-state index contributed by atoms with van der Waals surface area (Å²) in [5.74, 6) is -3.09. The van der Waals surface area contributed by atoms with E-state index in [0.29, 0.717) is 12.0 Å². The van der Waals surface area contributed by atoms with E-state index in [4.69, 9.17) is 14.2 Å². The maximum atomic E-state index is 11.6. The number of hydrogen-bond acceptors (Lipinski definition) is 6. The molecule has 0 aliphatic carbocycles. The molecule has 0 amide bonds. The van der Waals surface area contributed by atoms with Crippen molar-refractivity contribution in [2.45, 2.75) is 30.8 Å². The first-order valence-electron chi connectivity index (χ1n) is 6.64. The van der Waals surface area contributed by atoms with Gasteiger partial charge in [0.15, 0.2) is 0 Å². The lowest BCUT2D eigenvalue weighted by Gasteiger charge is -2.38. The summed E-state index contributed by atoms with van der Waals surface area (Å²) >= 11 is 0. The van der Waals surface area contributed by atoms with Crippen LogP contribution in [0.4, 0.5) is 0 Å². The standard InChI is InChI=1S/C14H17NO5/c1-10-9-13(5-7-15(2)8-6-13)20-14(10)18-11(16)3-4-12(17)19-14/h3-4H,1,5-9H2,2H3. The minimum atomic E-state index is -1.76. The Morgan fingerprint density at radius 1 is 1.15 bits per heavy atom. The number of carbonyl (C=O) groups is 2. The third-order valence-corrected chi connectivity index (χ3v) is 4.04. The van der Waals surface area contributed by atoms with E-state index >= 15 is 0 Å². The quantitative estimate of drug-likeness (QED) is 0.481. The molecule has 3 rings (SSSR count). The number of rotatable bonds is 0. The largest absolute Gasteiger partial charge is 0.402 e. The van der Waals surface area contributed by atoms with Crippen LogP contribution in [0.5, 0.6) is 0 Å². The molecule has 3 aliphatic rings. The van der Waals surface area contributed by atoms with Crippen LogP contribution in [0, 0.1) is 0 Å². The molecule has 3 aliphatic heterocycles. The molecule has 0 saturated carbocycles. The fourth-order valence-corrected chi connectivity index (χ4v) is 2.87. The molecule has 2 saturated heterocycles. The van der Waals surface area contributed by atoms with E-state index in [1.165, 1.54) is 0 Å². The third-order valence-electron chi connectivity index (χ3n) is 4.04. The van der Waals surface area contributed by atoms with Crippen LogP contribution in [-0.2, 0) is 23.8 Å². The molecule has 20 heavy (non-hydrogen) atoms. The Bertz CT molecular complexity index is 482. The van der Waals surface area contributed by atoms with Crippen LogP contribution in [0.3, 0.4) is 0 Å². The van der Waals surface area contributed by atoms with Crippen LogP contribution in [0.1, 0.15) is 19.3 Å². The van der Waals surface area contributed by atoms with E-state index in [1.54, 1.807) is 0 Å². The molecule has 6 nitrogen and oxygen atoms in total. The predicted octanol–water partition coefficient (Wildman–Crippen LogP) is 0.737. The molecule has 3 heterocycles. The molecule has 0 aromatic rings. The number of ether oxygens (including phenoxy) is 3. The second-order valence-electron chi connectivity index (χ2n) is 5.60. The molecule has 6 heteroatoms.